The summed E-state index contributed by atoms with van der Waals surface area (Å²) in [6.07, 6.45) is 1.91. The van der Waals surface area contributed by atoms with Gasteiger partial charge in [-0.05, 0) is 56.5 Å². The number of aromatic nitrogens is 3. The Morgan fingerprint density at radius 1 is 1.17 bits per heavy atom. The topological polar surface area (TPSA) is 76.9 Å². The minimum Gasteiger partial charge on any atom is -0.325 e. The summed E-state index contributed by atoms with van der Waals surface area (Å²) in [5, 5.41) is 14.6. The van der Waals surface area contributed by atoms with Crippen molar-refractivity contribution in [2.75, 3.05) is 11.1 Å². The van der Waals surface area contributed by atoms with Crippen molar-refractivity contribution in [2.24, 2.45) is 0 Å². The van der Waals surface area contributed by atoms with Gasteiger partial charge in [0.25, 0.3) is 0 Å². The molecule has 3 rings (SSSR count). The molecule has 8 heteroatoms. The highest BCUT2D eigenvalue weighted by Gasteiger charge is 2.19. The monoisotopic (exact) mass is 442 g/mol. The van der Waals surface area contributed by atoms with Gasteiger partial charge in [0.2, 0.25) is 5.91 Å². The van der Waals surface area contributed by atoms with Crippen molar-refractivity contribution < 1.29 is 9.59 Å². The highest BCUT2D eigenvalue weighted by molar-refractivity contribution is 7.99. The number of hydrogen-bond acceptors (Lipinski definition) is 6. The Morgan fingerprint density at radius 3 is 2.53 bits per heavy atom. The maximum atomic E-state index is 12.4. The van der Waals surface area contributed by atoms with E-state index in [-0.39, 0.29) is 17.4 Å². The molecule has 3 aromatic rings. The van der Waals surface area contributed by atoms with E-state index in [0.29, 0.717) is 11.3 Å². The number of anilines is 1. The van der Waals surface area contributed by atoms with Crippen molar-refractivity contribution in [3.05, 3.63) is 45.6 Å². The zero-order valence-corrected chi connectivity index (χ0v) is 19.3. The highest BCUT2D eigenvalue weighted by Crippen LogP contribution is 2.32. The van der Waals surface area contributed by atoms with Gasteiger partial charge in [-0.2, -0.15) is 0 Å². The third-order valence-corrected chi connectivity index (χ3v) is 6.69. The van der Waals surface area contributed by atoms with Crippen LogP contribution in [-0.4, -0.2) is 32.2 Å². The van der Waals surface area contributed by atoms with Crippen molar-refractivity contribution in [3.63, 3.8) is 0 Å². The zero-order valence-electron chi connectivity index (χ0n) is 17.7. The Bertz CT molecular complexity index is 1040. The number of rotatable bonds is 9. The average molecular weight is 443 g/mol. The number of nitrogens with zero attached hydrogens (tertiary/aromatic N) is 3. The fourth-order valence-electron chi connectivity index (χ4n) is 3.24. The summed E-state index contributed by atoms with van der Waals surface area (Å²) in [4.78, 5) is 25.1. The third-order valence-electron chi connectivity index (χ3n) is 4.77. The lowest BCUT2D eigenvalue weighted by atomic mass is 10.1. The van der Waals surface area contributed by atoms with Gasteiger partial charge in [-0.3, -0.25) is 9.59 Å². The van der Waals surface area contributed by atoms with Crippen molar-refractivity contribution in [2.45, 2.75) is 52.2 Å². The molecule has 0 spiro atoms. The summed E-state index contributed by atoms with van der Waals surface area (Å²) in [5.74, 6) is 0.991. The van der Waals surface area contributed by atoms with E-state index in [4.69, 9.17) is 0 Å². The predicted molar refractivity (Wildman–Crippen MR) is 124 cm³/mol. The van der Waals surface area contributed by atoms with Crippen LogP contribution in [0.4, 0.5) is 5.69 Å². The number of thiophene rings is 1. The normalized spacial score (nSPS) is 10.9. The molecule has 0 aliphatic carbocycles. The molecule has 158 valence electrons. The summed E-state index contributed by atoms with van der Waals surface area (Å²) in [6, 6.07) is 6.90. The van der Waals surface area contributed by atoms with Gasteiger partial charge >= 0.3 is 0 Å². The third kappa shape index (κ3) is 4.99. The Balaban J connectivity index is 1.71. The van der Waals surface area contributed by atoms with Crippen LogP contribution in [0.25, 0.3) is 11.4 Å². The van der Waals surface area contributed by atoms with Crippen LogP contribution in [0, 0.1) is 6.92 Å². The van der Waals surface area contributed by atoms with Crippen LogP contribution >= 0.6 is 23.1 Å². The van der Waals surface area contributed by atoms with Gasteiger partial charge in [-0.15, -0.1) is 21.5 Å². The lowest BCUT2D eigenvalue weighted by Crippen LogP contribution is -2.14. The maximum absolute atomic E-state index is 12.4. The number of ketones is 1. The van der Waals surface area contributed by atoms with Crippen LogP contribution in [0.1, 0.15) is 48.0 Å². The van der Waals surface area contributed by atoms with Crippen molar-refractivity contribution >= 4 is 40.5 Å². The van der Waals surface area contributed by atoms with E-state index < -0.39 is 0 Å². The number of amides is 1. The van der Waals surface area contributed by atoms with Gasteiger partial charge in [0, 0.05) is 33.6 Å². The fourth-order valence-corrected chi connectivity index (χ4v) is 4.94. The van der Waals surface area contributed by atoms with Gasteiger partial charge in [0.15, 0.2) is 16.8 Å². The molecule has 0 bridgehead atoms. The summed E-state index contributed by atoms with van der Waals surface area (Å²) >= 11 is 3.12. The summed E-state index contributed by atoms with van der Waals surface area (Å²) in [5.41, 5.74) is 3.75. The molecule has 6 nitrogen and oxygen atoms in total. The van der Waals surface area contributed by atoms with Crippen LogP contribution in [-0.2, 0) is 17.8 Å². The zero-order chi connectivity index (χ0) is 21.7. The fraction of sp³-hybridized carbons (Fsp3) is 0.364. The number of carbonyl (C=O) groups excluding carboxylic acids is 2. The smallest absolute Gasteiger partial charge is 0.234 e. The molecule has 2 heterocycles. The minimum absolute atomic E-state index is 0.00143. The average Bonchev–Trinajstić information content (AvgIpc) is 3.29. The van der Waals surface area contributed by atoms with E-state index in [9.17, 15) is 9.59 Å². The number of benzene rings is 1. The first-order valence-corrected chi connectivity index (χ1v) is 11.8. The molecule has 0 fully saturated rings. The highest BCUT2D eigenvalue weighted by atomic mass is 32.2. The van der Waals surface area contributed by atoms with Gasteiger partial charge < -0.3 is 9.88 Å². The molecule has 0 saturated carbocycles. The quantitative estimate of drug-likeness (QED) is 0.363. The molecule has 1 N–H and O–H groups in total. The number of hydrogen-bond donors (Lipinski definition) is 1. The largest absolute Gasteiger partial charge is 0.325 e. The summed E-state index contributed by atoms with van der Waals surface area (Å²) < 4.78 is 2.11. The maximum Gasteiger partial charge on any atom is 0.234 e. The Morgan fingerprint density at radius 2 is 1.90 bits per heavy atom. The van der Waals surface area contributed by atoms with E-state index in [1.54, 1.807) is 35.6 Å². The second-order valence-electron chi connectivity index (χ2n) is 6.97. The number of Topliss-reactive ketones (excluding diaryl/α,β-unsaturated/α-hetero) is 1. The first-order chi connectivity index (χ1) is 14.4. The van der Waals surface area contributed by atoms with E-state index in [1.165, 1.54) is 29.1 Å². The molecular formula is C22H26N4O2S2. The first-order valence-electron chi connectivity index (χ1n) is 9.98. The number of thioether (sulfide) groups is 1. The molecule has 0 aliphatic heterocycles. The van der Waals surface area contributed by atoms with Crippen LogP contribution < -0.4 is 5.32 Å². The minimum atomic E-state index is -0.121. The van der Waals surface area contributed by atoms with Crippen LogP contribution in [0.2, 0.25) is 0 Å². The van der Waals surface area contributed by atoms with Crippen LogP contribution in [0.15, 0.2) is 34.8 Å². The van der Waals surface area contributed by atoms with Crippen LogP contribution in [0.5, 0.6) is 0 Å². The predicted octanol–water partition coefficient (Wildman–Crippen LogP) is 5.22. The molecule has 30 heavy (non-hydrogen) atoms. The van der Waals surface area contributed by atoms with Gasteiger partial charge in [0.05, 0.1) is 5.75 Å². The Kier molecular flexibility index (Phi) is 7.44. The van der Waals surface area contributed by atoms with E-state index in [1.807, 2.05) is 0 Å². The van der Waals surface area contributed by atoms with E-state index in [2.05, 4.69) is 46.2 Å². The van der Waals surface area contributed by atoms with Crippen molar-refractivity contribution in [1.29, 1.82) is 0 Å². The summed E-state index contributed by atoms with van der Waals surface area (Å²) in [7, 11) is 0. The second kappa shape index (κ2) is 10.0. The molecule has 1 amide bonds. The van der Waals surface area contributed by atoms with Gasteiger partial charge in [-0.25, -0.2) is 0 Å². The Hall–Kier alpha value is -2.45. The molecule has 0 aliphatic rings. The Labute approximate surface area is 185 Å². The van der Waals surface area contributed by atoms with Crippen LogP contribution in [0.3, 0.4) is 0 Å². The molecule has 0 unspecified atom stereocenters. The second-order valence-corrected chi connectivity index (χ2v) is 8.99. The molecule has 0 radical (unpaired) electrons. The lowest BCUT2D eigenvalue weighted by molar-refractivity contribution is -0.113. The van der Waals surface area contributed by atoms with Gasteiger partial charge in [-0.1, -0.05) is 25.6 Å². The molecule has 0 atom stereocenters. The number of aryl methyl sites for hydroxylation is 1. The van der Waals surface area contributed by atoms with E-state index in [0.717, 1.165) is 35.9 Å². The summed E-state index contributed by atoms with van der Waals surface area (Å²) in [6.45, 7) is 8.73. The lowest BCUT2D eigenvalue weighted by Gasteiger charge is -2.10. The molecule has 1 aromatic carbocycles. The number of carbonyl (C=O) groups is 2. The van der Waals surface area contributed by atoms with Crippen molar-refractivity contribution in [3.8, 4) is 11.4 Å². The SMILES string of the molecule is CCCn1c(SCC(=O)Nc2ccc(C(C)=O)cc2)nnc1-c1csc(C)c1CC. The van der Waals surface area contributed by atoms with E-state index >= 15 is 0 Å². The molecular weight excluding hydrogens is 416 g/mol. The molecule has 2 aromatic heterocycles. The molecule has 0 saturated heterocycles. The van der Waals surface area contributed by atoms with Crippen molar-refractivity contribution in [1.82, 2.24) is 14.8 Å². The standard InChI is InChI=1S/C22H26N4O2S2/c1-5-11-26-21(19-12-29-15(4)18(19)6-2)24-25-22(26)30-13-20(28)23-17-9-7-16(8-10-17)14(3)27/h7-10,12H,5-6,11,13H2,1-4H3,(H,23,28). The first kappa shape index (κ1) is 22.2. The van der Waals surface area contributed by atoms with Gasteiger partial charge in [0.1, 0.15) is 0 Å². The number of nitrogens with one attached hydrogen (secondary N) is 1.